The summed E-state index contributed by atoms with van der Waals surface area (Å²) in [5.74, 6) is 2.82. The van der Waals surface area contributed by atoms with E-state index in [-0.39, 0.29) is 55.6 Å². The summed E-state index contributed by atoms with van der Waals surface area (Å²) in [6, 6.07) is 10.6. The van der Waals surface area contributed by atoms with E-state index < -0.39 is 26.4 Å². The first-order valence-corrected chi connectivity index (χ1v) is 22.8. The lowest BCUT2D eigenvalue weighted by atomic mass is 9.71. The molecule has 1 amide bonds. The number of fused-ring (bicyclic) bond motifs is 9. The van der Waals surface area contributed by atoms with Crippen LogP contribution in [0.2, 0.25) is 18.1 Å². The van der Waals surface area contributed by atoms with E-state index in [9.17, 15) is 14.9 Å². The monoisotopic (exact) mass is 812 g/mol. The van der Waals surface area contributed by atoms with Gasteiger partial charge in [0.1, 0.15) is 17.5 Å². The molecule has 13 nitrogen and oxygen atoms in total. The van der Waals surface area contributed by atoms with E-state index in [0.717, 1.165) is 39.1 Å². The van der Waals surface area contributed by atoms with Crippen molar-refractivity contribution < 1.29 is 42.4 Å². The van der Waals surface area contributed by atoms with Crippen LogP contribution in [0.4, 0.5) is 0 Å². The standard InChI is InChI=1S/C44H56N4O9Si/c1-24-16-28-18-31-33(20-45)48-32(38(47(31)7)36(28)42(39(24)52-9)53-22-51-8)19-30-37(43-41(54-23-55-43)25(2)40(30)56-26(3)49)34(48)21-46-35(50)17-27-12-14-29(15-13-27)57-58(10,11)44(4,5)6/h12-16,31-34,38H,17-19,21-23H2,1-11H3,(H,46,50)/t31-,32?,33?,34?,38-/m0/s1. The minimum Gasteiger partial charge on any atom is -0.544 e. The number of carbonyl (C=O) groups is 2. The van der Waals surface area contributed by atoms with Gasteiger partial charge >= 0.3 is 5.97 Å². The van der Waals surface area contributed by atoms with Gasteiger partial charge < -0.3 is 38.2 Å². The zero-order chi connectivity index (χ0) is 41.8. The van der Waals surface area contributed by atoms with Crippen molar-refractivity contribution in [1.82, 2.24) is 15.1 Å². The summed E-state index contributed by atoms with van der Waals surface area (Å²) < 4.78 is 42.4. The molecule has 0 saturated carbocycles. The summed E-state index contributed by atoms with van der Waals surface area (Å²) in [6.07, 6.45) is 1.14. The fourth-order valence-corrected chi connectivity index (χ4v) is 10.2. The Morgan fingerprint density at radius 2 is 1.71 bits per heavy atom. The van der Waals surface area contributed by atoms with Crippen LogP contribution < -0.4 is 33.4 Å². The van der Waals surface area contributed by atoms with Crippen molar-refractivity contribution >= 4 is 20.2 Å². The van der Waals surface area contributed by atoms with E-state index in [4.69, 9.17) is 32.8 Å². The highest BCUT2D eigenvalue weighted by Gasteiger charge is 2.57. The average Bonchev–Trinajstić information content (AvgIpc) is 3.65. The lowest BCUT2D eigenvalue weighted by Gasteiger charge is -2.60. The molecule has 4 aliphatic heterocycles. The number of hydrogen-bond donors (Lipinski definition) is 1. The number of benzene rings is 3. The number of methoxy groups -OCH3 is 2. The van der Waals surface area contributed by atoms with Gasteiger partial charge in [-0.15, -0.1) is 0 Å². The first-order chi connectivity index (χ1) is 27.5. The number of amides is 1. The molecule has 3 aromatic rings. The molecule has 3 aromatic carbocycles. The van der Waals surface area contributed by atoms with Crippen LogP contribution in [0.25, 0.3) is 0 Å². The molecule has 2 bridgehead atoms. The first-order valence-electron chi connectivity index (χ1n) is 19.9. The number of likely N-dealkylation sites (N-methyl/N-ethyl adjacent to an activating group) is 1. The average molecular weight is 813 g/mol. The van der Waals surface area contributed by atoms with Crippen LogP contribution in [0.5, 0.6) is 34.5 Å². The van der Waals surface area contributed by atoms with Gasteiger partial charge in [-0.3, -0.25) is 19.4 Å². The maximum atomic E-state index is 13.9. The Balaban J connectivity index is 1.30. The number of nitriles is 1. The number of nitrogens with one attached hydrogen (secondary N) is 1. The smallest absolute Gasteiger partial charge is 0.308 e. The highest BCUT2D eigenvalue weighted by atomic mass is 28.4. The van der Waals surface area contributed by atoms with E-state index in [1.54, 1.807) is 14.2 Å². The van der Waals surface area contributed by atoms with Crippen LogP contribution in [0.1, 0.15) is 78.7 Å². The number of piperazine rings is 1. The summed E-state index contributed by atoms with van der Waals surface area (Å²) >= 11 is 0. The Morgan fingerprint density at radius 1 is 1.00 bits per heavy atom. The molecule has 14 heteroatoms. The second-order valence-electron chi connectivity index (χ2n) is 17.4. The van der Waals surface area contributed by atoms with Crippen LogP contribution in [0.15, 0.2) is 30.3 Å². The van der Waals surface area contributed by atoms with Gasteiger partial charge in [0.25, 0.3) is 0 Å². The lowest BCUT2D eigenvalue weighted by Crippen LogP contribution is -2.68. The maximum absolute atomic E-state index is 13.9. The maximum Gasteiger partial charge on any atom is 0.308 e. The van der Waals surface area contributed by atoms with Crippen LogP contribution >= 0.6 is 0 Å². The van der Waals surface area contributed by atoms with E-state index >= 15 is 0 Å². The molecule has 1 fully saturated rings. The SMILES string of the molecule is COCOc1c(OC)c(C)cc2c1[C@@H]1C3Cc4c(OC(C)=O)c(C)c5c(c4C(CNC(=O)Cc4ccc(O[Si](C)(C)C(C)(C)C)cc4)N3C(C#N)[C@H](C2)N1C)OCO5. The molecule has 5 atom stereocenters. The van der Waals surface area contributed by atoms with Gasteiger partial charge in [-0.05, 0) is 80.7 Å². The molecule has 1 saturated heterocycles. The fraction of sp³-hybridized carbons (Fsp3) is 0.523. The second-order valence-corrected chi connectivity index (χ2v) is 22.1. The largest absolute Gasteiger partial charge is 0.544 e. The third-order valence-electron chi connectivity index (χ3n) is 12.8. The highest BCUT2D eigenvalue weighted by Crippen LogP contribution is 2.58. The summed E-state index contributed by atoms with van der Waals surface area (Å²) in [4.78, 5) is 31.1. The molecule has 7 rings (SSSR count). The molecule has 4 aliphatic rings. The van der Waals surface area contributed by atoms with Crippen LogP contribution in [0.3, 0.4) is 0 Å². The summed E-state index contributed by atoms with van der Waals surface area (Å²) in [6.45, 7) is 16.4. The first kappa shape index (κ1) is 41.4. The Labute approximate surface area is 342 Å². The second kappa shape index (κ2) is 15.7. The van der Waals surface area contributed by atoms with Crippen molar-refractivity contribution in [1.29, 1.82) is 5.26 Å². The van der Waals surface area contributed by atoms with Crippen molar-refractivity contribution in [3.8, 4) is 40.6 Å². The van der Waals surface area contributed by atoms with Crippen molar-refractivity contribution in [3.05, 3.63) is 69.3 Å². The number of rotatable bonds is 11. The van der Waals surface area contributed by atoms with E-state index in [0.29, 0.717) is 47.2 Å². The summed E-state index contributed by atoms with van der Waals surface area (Å²) in [5, 5.41) is 14.4. The van der Waals surface area contributed by atoms with Crippen LogP contribution in [0, 0.1) is 25.2 Å². The predicted molar refractivity (Wildman–Crippen MR) is 219 cm³/mol. The number of ether oxygens (including phenoxy) is 6. The molecule has 0 aromatic heterocycles. The quantitative estimate of drug-likeness (QED) is 0.0983. The van der Waals surface area contributed by atoms with Gasteiger partial charge in [0.15, 0.2) is 29.8 Å². The number of carbonyl (C=O) groups excluding carboxylic acids is 2. The fourth-order valence-electron chi connectivity index (χ4n) is 9.13. The molecule has 58 heavy (non-hydrogen) atoms. The zero-order valence-electron chi connectivity index (χ0n) is 35.5. The molecule has 0 spiro atoms. The van der Waals surface area contributed by atoms with Crippen molar-refractivity contribution in [2.45, 2.75) is 109 Å². The van der Waals surface area contributed by atoms with Gasteiger partial charge in [0.2, 0.25) is 21.0 Å². The third kappa shape index (κ3) is 7.16. The zero-order valence-corrected chi connectivity index (χ0v) is 36.5. The molecule has 0 radical (unpaired) electrons. The number of nitrogens with zero attached hydrogens (tertiary/aromatic N) is 3. The Hall–Kier alpha value is -4.81. The van der Waals surface area contributed by atoms with Crippen molar-refractivity contribution in [3.63, 3.8) is 0 Å². The summed E-state index contributed by atoms with van der Waals surface area (Å²) in [5.41, 5.74) is 6.00. The summed E-state index contributed by atoms with van der Waals surface area (Å²) in [7, 11) is 3.24. The van der Waals surface area contributed by atoms with Gasteiger partial charge in [0.05, 0.1) is 31.7 Å². The Bertz CT molecular complexity index is 2140. The van der Waals surface area contributed by atoms with Gasteiger partial charge in [-0.25, -0.2) is 0 Å². The number of esters is 1. The van der Waals surface area contributed by atoms with Gasteiger partial charge in [-0.1, -0.05) is 39.0 Å². The normalized spacial score (nSPS) is 22.2. The van der Waals surface area contributed by atoms with Crippen molar-refractivity contribution in [2.24, 2.45) is 0 Å². The van der Waals surface area contributed by atoms with Crippen LogP contribution in [-0.2, 0) is 33.6 Å². The highest BCUT2D eigenvalue weighted by molar-refractivity contribution is 6.74. The Morgan fingerprint density at radius 3 is 2.34 bits per heavy atom. The number of hydrogen-bond acceptors (Lipinski definition) is 12. The minimum atomic E-state index is -2.03. The van der Waals surface area contributed by atoms with Gasteiger partial charge in [0, 0.05) is 54.9 Å². The van der Waals surface area contributed by atoms with E-state index in [1.807, 2.05) is 38.1 Å². The molecular weight excluding hydrogens is 757 g/mol. The Kier molecular flexibility index (Phi) is 11.2. The van der Waals surface area contributed by atoms with Crippen LogP contribution in [-0.4, -0.2) is 89.5 Å². The molecule has 0 aliphatic carbocycles. The molecule has 310 valence electrons. The topological polar surface area (TPSA) is 141 Å². The van der Waals surface area contributed by atoms with Gasteiger partial charge in [-0.2, -0.15) is 5.26 Å². The van der Waals surface area contributed by atoms with E-state index in [2.05, 4.69) is 68.2 Å². The molecular formula is C44H56N4O9Si. The predicted octanol–water partition coefficient (Wildman–Crippen LogP) is 6.46. The van der Waals surface area contributed by atoms with E-state index in [1.165, 1.54) is 6.92 Å². The lowest BCUT2D eigenvalue weighted by molar-refractivity contribution is -0.132. The number of aryl methyl sites for hydroxylation is 1. The third-order valence-corrected chi connectivity index (χ3v) is 17.1. The molecule has 4 heterocycles. The molecule has 3 unspecified atom stereocenters. The van der Waals surface area contributed by atoms with Crippen molar-refractivity contribution in [2.75, 3.05) is 41.4 Å². The minimum absolute atomic E-state index is 0.00777. The molecule has 1 N–H and O–H groups in total.